The zero-order chi connectivity index (χ0) is 19.0. The van der Waals surface area contributed by atoms with E-state index in [-0.39, 0.29) is 10.8 Å². The molecule has 140 valence electrons. The molecule has 0 saturated carbocycles. The minimum absolute atomic E-state index is 0.242. The van der Waals surface area contributed by atoms with Gasteiger partial charge in [0.2, 0.25) is 15.9 Å². The fourth-order valence-electron chi connectivity index (χ4n) is 2.44. The SMILES string of the molecule is CCCN(CCC)S(=O)(=O)c1ccc(NC(=O)/C=C/c2cccs2)cc1. The third kappa shape index (κ3) is 5.52. The molecule has 2 rings (SSSR count). The molecule has 1 aromatic carbocycles. The number of nitrogens with one attached hydrogen (secondary N) is 1. The number of nitrogens with zero attached hydrogens (tertiary/aromatic N) is 1. The first-order valence-corrected chi connectivity index (χ1v) is 10.9. The van der Waals surface area contributed by atoms with Crippen molar-refractivity contribution in [3.63, 3.8) is 0 Å². The lowest BCUT2D eigenvalue weighted by atomic mass is 10.3. The number of carbonyl (C=O) groups excluding carboxylic acids is 1. The molecule has 0 radical (unpaired) electrons. The van der Waals surface area contributed by atoms with Gasteiger partial charge in [0.25, 0.3) is 0 Å². The summed E-state index contributed by atoms with van der Waals surface area (Å²) < 4.78 is 26.9. The zero-order valence-corrected chi connectivity index (χ0v) is 16.6. The van der Waals surface area contributed by atoms with E-state index < -0.39 is 10.0 Å². The first kappa shape index (κ1) is 20.4. The van der Waals surface area contributed by atoms with E-state index >= 15 is 0 Å². The normalized spacial score (nSPS) is 12.0. The highest BCUT2D eigenvalue weighted by molar-refractivity contribution is 7.89. The highest BCUT2D eigenvalue weighted by Gasteiger charge is 2.22. The Labute approximate surface area is 159 Å². The van der Waals surface area contributed by atoms with Crippen LogP contribution < -0.4 is 5.32 Å². The van der Waals surface area contributed by atoms with Gasteiger partial charge in [-0.15, -0.1) is 11.3 Å². The van der Waals surface area contributed by atoms with Gasteiger partial charge in [0.1, 0.15) is 0 Å². The third-order valence-corrected chi connectivity index (χ3v) is 6.40. The van der Waals surface area contributed by atoms with Crippen LogP contribution in [0.3, 0.4) is 0 Å². The van der Waals surface area contributed by atoms with Gasteiger partial charge >= 0.3 is 0 Å². The fraction of sp³-hybridized carbons (Fsp3) is 0.316. The predicted molar refractivity (Wildman–Crippen MR) is 108 cm³/mol. The van der Waals surface area contributed by atoms with E-state index in [0.717, 1.165) is 17.7 Å². The van der Waals surface area contributed by atoms with Crippen molar-refractivity contribution in [1.82, 2.24) is 4.31 Å². The van der Waals surface area contributed by atoms with Gasteiger partial charge in [-0.2, -0.15) is 4.31 Å². The van der Waals surface area contributed by atoms with Gasteiger partial charge in [-0.25, -0.2) is 8.42 Å². The van der Waals surface area contributed by atoms with E-state index in [1.807, 2.05) is 31.4 Å². The maximum absolute atomic E-state index is 12.7. The number of amides is 1. The number of hydrogen-bond acceptors (Lipinski definition) is 4. The molecule has 7 heteroatoms. The van der Waals surface area contributed by atoms with E-state index in [0.29, 0.717) is 18.8 Å². The van der Waals surface area contributed by atoms with Gasteiger partial charge in [-0.1, -0.05) is 19.9 Å². The lowest BCUT2D eigenvalue weighted by molar-refractivity contribution is -0.111. The van der Waals surface area contributed by atoms with Crippen molar-refractivity contribution < 1.29 is 13.2 Å². The van der Waals surface area contributed by atoms with Crippen LogP contribution >= 0.6 is 11.3 Å². The van der Waals surface area contributed by atoms with Crippen LogP contribution in [0.2, 0.25) is 0 Å². The Hall–Kier alpha value is -1.96. The van der Waals surface area contributed by atoms with E-state index in [4.69, 9.17) is 0 Å². The van der Waals surface area contributed by atoms with Crippen molar-refractivity contribution >= 4 is 39.0 Å². The Balaban J connectivity index is 2.06. The van der Waals surface area contributed by atoms with Crippen LogP contribution in [0.1, 0.15) is 31.6 Å². The molecule has 5 nitrogen and oxygen atoms in total. The molecular formula is C19H24N2O3S2. The first-order valence-electron chi connectivity index (χ1n) is 8.60. The van der Waals surface area contributed by atoms with Crippen LogP contribution in [0.4, 0.5) is 5.69 Å². The van der Waals surface area contributed by atoms with E-state index in [9.17, 15) is 13.2 Å². The Morgan fingerprint density at radius 1 is 1.12 bits per heavy atom. The summed E-state index contributed by atoms with van der Waals surface area (Å²) >= 11 is 1.55. The molecule has 0 saturated heterocycles. The lowest BCUT2D eigenvalue weighted by Gasteiger charge is -2.21. The fourth-order valence-corrected chi connectivity index (χ4v) is 4.68. The Bertz CT molecular complexity index is 820. The van der Waals surface area contributed by atoms with Crippen molar-refractivity contribution in [2.24, 2.45) is 0 Å². The smallest absolute Gasteiger partial charge is 0.248 e. The second-order valence-electron chi connectivity index (χ2n) is 5.77. The number of anilines is 1. The average molecular weight is 393 g/mol. The van der Waals surface area contributed by atoms with Crippen LogP contribution in [0.25, 0.3) is 6.08 Å². The van der Waals surface area contributed by atoms with Gasteiger partial charge in [0.05, 0.1) is 4.90 Å². The van der Waals surface area contributed by atoms with Crippen LogP contribution in [-0.4, -0.2) is 31.7 Å². The van der Waals surface area contributed by atoms with Crippen LogP contribution in [0, 0.1) is 0 Å². The number of hydrogen-bond donors (Lipinski definition) is 1. The number of benzene rings is 1. The molecule has 26 heavy (non-hydrogen) atoms. The maximum Gasteiger partial charge on any atom is 0.248 e. The van der Waals surface area contributed by atoms with Gasteiger partial charge < -0.3 is 5.32 Å². The summed E-state index contributed by atoms with van der Waals surface area (Å²) in [5.74, 6) is -0.257. The zero-order valence-electron chi connectivity index (χ0n) is 15.0. The molecule has 0 spiro atoms. The van der Waals surface area contributed by atoms with Crippen molar-refractivity contribution in [1.29, 1.82) is 0 Å². The van der Waals surface area contributed by atoms with Crippen molar-refractivity contribution in [2.75, 3.05) is 18.4 Å². The second kappa shape index (κ2) is 9.66. The van der Waals surface area contributed by atoms with E-state index in [1.165, 1.54) is 22.5 Å². The van der Waals surface area contributed by atoms with Crippen molar-refractivity contribution in [2.45, 2.75) is 31.6 Å². The average Bonchev–Trinajstić information content (AvgIpc) is 3.14. The van der Waals surface area contributed by atoms with Crippen LogP contribution in [0.15, 0.2) is 52.7 Å². The molecule has 0 unspecified atom stereocenters. The third-order valence-electron chi connectivity index (χ3n) is 3.65. The van der Waals surface area contributed by atoms with Gasteiger partial charge in [0.15, 0.2) is 0 Å². The summed E-state index contributed by atoms with van der Waals surface area (Å²) in [7, 11) is -3.50. The highest BCUT2D eigenvalue weighted by Crippen LogP contribution is 2.19. The molecule has 0 aliphatic rings. The molecule has 2 aromatic rings. The molecule has 0 aliphatic heterocycles. The highest BCUT2D eigenvalue weighted by atomic mass is 32.2. The Morgan fingerprint density at radius 2 is 1.77 bits per heavy atom. The first-order chi connectivity index (χ1) is 12.5. The van der Waals surface area contributed by atoms with Crippen molar-refractivity contribution in [3.8, 4) is 0 Å². The number of carbonyl (C=O) groups is 1. The summed E-state index contributed by atoms with van der Waals surface area (Å²) in [6.07, 6.45) is 4.74. The number of thiophene rings is 1. The lowest BCUT2D eigenvalue weighted by Crippen LogP contribution is -2.32. The van der Waals surface area contributed by atoms with Gasteiger partial charge in [0, 0.05) is 29.7 Å². The molecule has 1 heterocycles. The molecular weight excluding hydrogens is 368 g/mol. The standard InChI is InChI=1S/C19H24N2O3S2/c1-3-13-21(14-4-2)26(23,24)18-10-7-16(8-11-18)20-19(22)12-9-17-6-5-15-25-17/h5-12,15H,3-4,13-14H2,1-2H3,(H,20,22)/b12-9+. The molecule has 0 fully saturated rings. The van der Waals surface area contributed by atoms with Crippen LogP contribution in [0.5, 0.6) is 0 Å². The second-order valence-corrected chi connectivity index (χ2v) is 8.68. The summed E-state index contributed by atoms with van der Waals surface area (Å²) in [5, 5.41) is 4.67. The number of rotatable bonds is 9. The Kier molecular flexibility index (Phi) is 7.56. The molecule has 1 N–H and O–H groups in total. The molecule has 1 aromatic heterocycles. The summed E-state index contributed by atoms with van der Waals surface area (Å²) in [5.41, 5.74) is 0.558. The van der Waals surface area contributed by atoms with E-state index in [2.05, 4.69) is 5.32 Å². The summed E-state index contributed by atoms with van der Waals surface area (Å²) in [4.78, 5) is 13.2. The van der Waals surface area contributed by atoms with Gasteiger partial charge in [-0.05, 0) is 54.6 Å². The minimum atomic E-state index is -3.50. The van der Waals surface area contributed by atoms with Gasteiger partial charge in [-0.3, -0.25) is 4.79 Å². The molecule has 1 amide bonds. The summed E-state index contributed by atoms with van der Waals surface area (Å²) in [6, 6.07) is 10.1. The van der Waals surface area contributed by atoms with Crippen molar-refractivity contribution in [3.05, 3.63) is 52.7 Å². The molecule has 0 aliphatic carbocycles. The summed E-state index contributed by atoms with van der Waals surface area (Å²) in [6.45, 7) is 4.92. The topological polar surface area (TPSA) is 66.5 Å². The van der Waals surface area contributed by atoms with E-state index in [1.54, 1.807) is 29.5 Å². The predicted octanol–water partition coefficient (Wildman–Crippen LogP) is 4.21. The minimum Gasteiger partial charge on any atom is -0.323 e. The maximum atomic E-state index is 12.7. The number of sulfonamides is 1. The Morgan fingerprint density at radius 3 is 2.31 bits per heavy atom. The van der Waals surface area contributed by atoms with Crippen LogP contribution in [-0.2, 0) is 14.8 Å². The largest absolute Gasteiger partial charge is 0.323 e. The molecule has 0 atom stereocenters. The molecule has 0 bridgehead atoms. The monoisotopic (exact) mass is 392 g/mol. The quantitative estimate of drug-likeness (QED) is 0.650.